The van der Waals surface area contributed by atoms with Gasteiger partial charge in [0.15, 0.2) is 0 Å². The molecule has 0 aliphatic carbocycles. The number of halogens is 1. The van der Waals surface area contributed by atoms with Gasteiger partial charge >= 0.3 is 0 Å². The summed E-state index contributed by atoms with van der Waals surface area (Å²) in [6.45, 7) is 3.13. The fourth-order valence-electron chi connectivity index (χ4n) is 2.14. The van der Waals surface area contributed by atoms with Crippen molar-refractivity contribution in [1.29, 1.82) is 0 Å². The third-order valence-corrected chi connectivity index (χ3v) is 3.82. The molecule has 0 aromatic carbocycles. The first-order chi connectivity index (χ1) is 6.90. The van der Waals surface area contributed by atoms with Crippen LogP contribution in [-0.4, -0.2) is 24.0 Å². The van der Waals surface area contributed by atoms with Gasteiger partial charge in [0, 0.05) is 24.0 Å². The number of hydrogen-bond acceptors (Lipinski definition) is 3. The molecule has 4 heteroatoms. The average Bonchev–Trinajstić information content (AvgIpc) is 2.71. The maximum absolute atomic E-state index is 5.78. The van der Waals surface area contributed by atoms with E-state index in [9.17, 15) is 0 Å². The van der Waals surface area contributed by atoms with Gasteiger partial charge in [-0.25, -0.2) is 0 Å². The van der Waals surface area contributed by atoms with Crippen molar-refractivity contribution in [3.05, 3.63) is 22.4 Å². The number of hydrogen-bond donors (Lipinski definition) is 1. The van der Waals surface area contributed by atoms with Gasteiger partial charge in [-0.3, -0.25) is 4.90 Å². The highest BCUT2D eigenvalue weighted by atomic mass is 35.5. The molecule has 1 aromatic rings. The summed E-state index contributed by atoms with van der Waals surface area (Å²) in [4.78, 5) is 4.00. The van der Waals surface area contributed by atoms with E-state index < -0.39 is 0 Å². The standard InChI is InChI=1S/C11H18N2S.ClH/c12-8-10-4-1-2-6-13(10)9-11-5-3-7-14-11;/h3,5,7,10H,1-2,4,6,8-9,12H2;1H. The Morgan fingerprint density at radius 1 is 1.47 bits per heavy atom. The van der Waals surface area contributed by atoms with E-state index in [2.05, 4.69) is 22.4 Å². The second kappa shape index (κ2) is 6.48. The molecule has 2 nitrogen and oxygen atoms in total. The zero-order valence-corrected chi connectivity index (χ0v) is 10.5. The first kappa shape index (κ1) is 13.0. The summed E-state index contributed by atoms with van der Waals surface area (Å²) in [5, 5.41) is 2.15. The van der Waals surface area contributed by atoms with Crippen LogP contribution in [0.1, 0.15) is 24.1 Å². The fourth-order valence-corrected chi connectivity index (χ4v) is 2.87. The van der Waals surface area contributed by atoms with Crippen LogP contribution in [0.2, 0.25) is 0 Å². The Kier molecular flexibility index (Phi) is 5.61. The Labute approximate surface area is 102 Å². The summed E-state index contributed by atoms with van der Waals surface area (Å²) in [5.74, 6) is 0. The second-order valence-electron chi connectivity index (χ2n) is 3.94. The highest BCUT2D eigenvalue weighted by Crippen LogP contribution is 2.20. The van der Waals surface area contributed by atoms with Gasteiger partial charge in [0.25, 0.3) is 0 Å². The van der Waals surface area contributed by atoms with Gasteiger partial charge in [0.05, 0.1) is 0 Å². The number of likely N-dealkylation sites (tertiary alicyclic amines) is 1. The van der Waals surface area contributed by atoms with Crippen LogP contribution < -0.4 is 5.73 Å². The molecular weight excluding hydrogens is 228 g/mol. The van der Waals surface area contributed by atoms with Gasteiger partial charge in [-0.05, 0) is 30.8 Å². The van der Waals surface area contributed by atoms with Crippen molar-refractivity contribution in [2.75, 3.05) is 13.1 Å². The van der Waals surface area contributed by atoms with Crippen molar-refractivity contribution in [2.45, 2.75) is 31.8 Å². The minimum absolute atomic E-state index is 0. The van der Waals surface area contributed by atoms with Gasteiger partial charge in [-0.15, -0.1) is 23.7 Å². The van der Waals surface area contributed by atoms with Crippen molar-refractivity contribution in [2.24, 2.45) is 5.73 Å². The number of thiophene rings is 1. The summed E-state index contributed by atoms with van der Waals surface area (Å²) in [5.41, 5.74) is 5.78. The normalized spacial score (nSPS) is 22.3. The zero-order valence-electron chi connectivity index (χ0n) is 8.89. The molecule has 0 spiro atoms. The van der Waals surface area contributed by atoms with Gasteiger partial charge < -0.3 is 5.73 Å². The van der Waals surface area contributed by atoms with Gasteiger partial charge in [0.2, 0.25) is 0 Å². The summed E-state index contributed by atoms with van der Waals surface area (Å²) in [7, 11) is 0. The maximum atomic E-state index is 5.78. The van der Waals surface area contributed by atoms with Crippen LogP contribution in [0, 0.1) is 0 Å². The lowest BCUT2D eigenvalue weighted by Crippen LogP contribution is -2.43. The number of piperidine rings is 1. The SMILES string of the molecule is Cl.NCC1CCCCN1Cc1cccs1. The Hall–Kier alpha value is -0.0900. The molecular formula is C11H19ClN2S. The molecule has 0 radical (unpaired) electrons. The molecule has 2 heterocycles. The zero-order chi connectivity index (χ0) is 9.80. The third kappa shape index (κ3) is 3.45. The molecule has 2 N–H and O–H groups in total. The van der Waals surface area contributed by atoms with E-state index in [-0.39, 0.29) is 12.4 Å². The van der Waals surface area contributed by atoms with Crippen LogP contribution >= 0.6 is 23.7 Å². The van der Waals surface area contributed by atoms with E-state index >= 15 is 0 Å². The fraction of sp³-hybridized carbons (Fsp3) is 0.636. The molecule has 1 aromatic heterocycles. The average molecular weight is 247 g/mol. The van der Waals surface area contributed by atoms with Crippen molar-refractivity contribution in [3.8, 4) is 0 Å². The first-order valence-corrected chi connectivity index (χ1v) is 6.24. The molecule has 1 aliphatic rings. The Morgan fingerprint density at radius 2 is 2.33 bits per heavy atom. The molecule has 86 valence electrons. The Bertz CT molecular complexity index is 264. The maximum Gasteiger partial charge on any atom is 0.0331 e. The highest BCUT2D eigenvalue weighted by Gasteiger charge is 2.20. The first-order valence-electron chi connectivity index (χ1n) is 5.36. The minimum Gasteiger partial charge on any atom is -0.329 e. The largest absolute Gasteiger partial charge is 0.329 e. The Morgan fingerprint density at radius 3 is 3.00 bits per heavy atom. The van der Waals surface area contributed by atoms with Crippen molar-refractivity contribution < 1.29 is 0 Å². The van der Waals surface area contributed by atoms with E-state index in [0.717, 1.165) is 13.1 Å². The smallest absolute Gasteiger partial charge is 0.0331 e. The quantitative estimate of drug-likeness (QED) is 0.888. The molecule has 2 rings (SSSR count). The lowest BCUT2D eigenvalue weighted by molar-refractivity contribution is 0.146. The molecule has 0 bridgehead atoms. The van der Waals surface area contributed by atoms with E-state index in [1.165, 1.54) is 30.7 Å². The molecule has 0 saturated carbocycles. The molecule has 1 atom stereocenters. The lowest BCUT2D eigenvalue weighted by atomic mass is 10.0. The minimum atomic E-state index is 0. The predicted octanol–water partition coefficient (Wildman–Crippen LogP) is 2.48. The number of rotatable bonds is 3. The van der Waals surface area contributed by atoms with E-state index in [4.69, 9.17) is 5.73 Å². The van der Waals surface area contributed by atoms with Crippen molar-refractivity contribution in [1.82, 2.24) is 4.90 Å². The lowest BCUT2D eigenvalue weighted by Gasteiger charge is -2.34. The van der Waals surface area contributed by atoms with Crippen LogP contribution in [0.25, 0.3) is 0 Å². The molecule has 1 fully saturated rings. The molecule has 1 saturated heterocycles. The second-order valence-corrected chi connectivity index (χ2v) is 4.97. The molecule has 0 amide bonds. The summed E-state index contributed by atoms with van der Waals surface area (Å²) >= 11 is 1.85. The van der Waals surface area contributed by atoms with Crippen LogP contribution in [0.3, 0.4) is 0 Å². The molecule has 1 aliphatic heterocycles. The van der Waals surface area contributed by atoms with E-state index in [0.29, 0.717) is 6.04 Å². The predicted molar refractivity (Wildman–Crippen MR) is 68.7 cm³/mol. The number of nitrogens with two attached hydrogens (primary N) is 1. The van der Waals surface area contributed by atoms with E-state index in [1.54, 1.807) is 0 Å². The van der Waals surface area contributed by atoms with Crippen LogP contribution in [0.15, 0.2) is 17.5 Å². The van der Waals surface area contributed by atoms with E-state index in [1.807, 2.05) is 11.3 Å². The summed E-state index contributed by atoms with van der Waals surface area (Å²) in [6, 6.07) is 4.96. The van der Waals surface area contributed by atoms with Crippen LogP contribution in [0.5, 0.6) is 0 Å². The molecule has 1 unspecified atom stereocenters. The third-order valence-electron chi connectivity index (χ3n) is 2.96. The molecule has 15 heavy (non-hydrogen) atoms. The highest BCUT2D eigenvalue weighted by molar-refractivity contribution is 7.09. The van der Waals surface area contributed by atoms with Gasteiger partial charge in [0.1, 0.15) is 0 Å². The van der Waals surface area contributed by atoms with Crippen molar-refractivity contribution in [3.63, 3.8) is 0 Å². The number of nitrogens with zero attached hydrogens (tertiary/aromatic N) is 1. The summed E-state index contributed by atoms with van der Waals surface area (Å²) in [6.07, 6.45) is 3.96. The van der Waals surface area contributed by atoms with Crippen LogP contribution in [-0.2, 0) is 6.54 Å². The Balaban J connectivity index is 0.00000112. The monoisotopic (exact) mass is 246 g/mol. The topological polar surface area (TPSA) is 29.3 Å². The van der Waals surface area contributed by atoms with Crippen LogP contribution in [0.4, 0.5) is 0 Å². The van der Waals surface area contributed by atoms with Crippen molar-refractivity contribution >= 4 is 23.7 Å². The van der Waals surface area contributed by atoms with Gasteiger partial charge in [-0.2, -0.15) is 0 Å². The van der Waals surface area contributed by atoms with Gasteiger partial charge in [-0.1, -0.05) is 12.5 Å². The summed E-state index contributed by atoms with van der Waals surface area (Å²) < 4.78 is 0.